The van der Waals surface area contributed by atoms with Gasteiger partial charge in [-0.25, -0.2) is 0 Å². The van der Waals surface area contributed by atoms with Crippen LogP contribution in [-0.2, 0) is 19.2 Å². The van der Waals surface area contributed by atoms with Crippen molar-refractivity contribution in [1.29, 1.82) is 0 Å². The minimum atomic E-state index is -0.349. The van der Waals surface area contributed by atoms with Crippen molar-refractivity contribution in [2.24, 2.45) is 47.3 Å². The summed E-state index contributed by atoms with van der Waals surface area (Å²) in [5, 5.41) is 2.83. The van der Waals surface area contributed by atoms with E-state index in [1.54, 1.807) is 48.5 Å². The van der Waals surface area contributed by atoms with E-state index in [-0.39, 0.29) is 76.9 Å². The van der Waals surface area contributed by atoms with Gasteiger partial charge in [-0.05, 0) is 85.0 Å². The summed E-state index contributed by atoms with van der Waals surface area (Å²) in [7, 11) is 0. The largest absolute Gasteiger partial charge is 0.322 e. The minimum Gasteiger partial charge on any atom is -0.322 e. The van der Waals surface area contributed by atoms with E-state index >= 15 is 0 Å². The fraction of sp³-hybridized carbons (Fsp3) is 0.323. The lowest BCUT2D eigenvalue weighted by molar-refractivity contribution is -0.124. The molecule has 2 aromatic carbocycles. The van der Waals surface area contributed by atoms with Crippen LogP contribution in [0.3, 0.4) is 0 Å². The van der Waals surface area contributed by atoms with Gasteiger partial charge in [-0.3, -0.25) is 33.8 Å². The Morgan fingerprint density at radius 2 is 0.923 bits per heavy atom. The summed E-state index contributed by atoms with van der Waals surface area (Å²) in [6.07, 6.45) is 10.0. The molecule has 5 amide bonds. The Morgan fingerprint density at radius 3 is 1.31 bits per heavy atom. The highest BCUT2D eigenvalue weighted by Crippen LogP contribution is 2.54. The van der Waals surface area contributed by atoms with E-state index in [0.29, 0.717) is 22.6 Å². The molecule has 4 fully saturated rings. The Labute approximate surface area is 224 Å². The second-order valence-corrected chi connectivity index (χ2v) is 11.6. The van der Waals surface area contributed by atoms with Gasteiger partial charge < -0.3 is 5.32 Å². The minimum absolute atomic E-state index is 0.138. The van der Waals surface area contributed by atoms with E-state index in [2.05, 4.69) is 29.6 Å². The lowest BCUT2D eigenvalue weighted by Gasteiger charge is -2.18. The fourth-order valence-electron chi connectivity index (χ4n) is 7.97. The molecule has 2 heterocycles. The summed E-state index contributed by atoms with van der Waals surface area (Å²) >= 11 is 0. The van der Waals surface area contributed by atoms with Crippen molar-refractivity contribution < 1.29 is 24.0 Å². The molecule has 0 spiro atoms. The average molecular weight is 520 g/mol. The molecule has 0 unspecified atom stereocenters. The van der Waals surface area contributed by atoms with Crippen molar-refractivity contribution in [3.63, 3.8) is 0 Å². The number of nitrogens with zero attached hydrogens (tertiary/aromatic N) is 2. The molecule has 6 aliphatic rings. The smallest absolute Gasteiger partial charge is 0.255 e. The van der Waals surface area contributed by atoms with Gasteiger partial charge in [-0.15, -0.1) is 0 Å². The lowest BCUT2D eigenvalue weighted by atomic mass is 9.85. The Bertz CT molecular complexity index is 1480. The molecule has 8 heteroatoms. The Morgan fingerprint density at radius 1 is 0.564 bits per heavy atom. The van der Waals surface area contributed by atoms with Gasteiger partial charge in [0.15, 0.2) is 0 Å². The van der Waals surface area contributed by atoms with Gasteiger partial charge in [0.25, 0.3) is 5.91 Å². The number of amides is 5. The van der Waals surface area contributed by atoms with Gasteiger partial charge >= 0.3 is 0 Å². The molecule has 8 atom stereocenters. The molecule has 8 nitrogen and oxygen atoms in total. The number of rotatable bonds is 4. The van der Waals surface area contributed by atoms with Crippen LogP contribution in [0.2, 0.25) is 0 Å². The molecule has 0 radical (unpaired) electrons. The number of allylic oxidation sites excluding steroid dienone is 4. The van der Waals surface area contributed by atoms with Crippen molar-refractivity contribution in [2.45, 2.75) is 12.8 Å². The summed E-state index contributed by atoms with van der Waals surface area (Å²) in [6, 6.07) is 13.2. The van der Waals surface area contributed by atoms with Crippen molar-refractivity contribution in [3.05, 3.63) is 78.4 Å². The maximum Gasteiger partial charge on any atom is 0.255 e. The van der Waals surface area contributed by atoms with Gasteiger partial charge in [0.2, 0.25) is 23.6 Å². The highest BCUT2D eigenvalue weighted by Gasteiger charge is 2.60. The number of imide groups is 2. The molecule has 39 heavy (non-hydrogen) atoms. The predicted molar refractivity (Wildman–Crippen MR) is 141 cm³/mol. The number of carbonyl (C=O) groups excluding carboxylic acids is 5. The van der Waals surface area contributed by atoms with E-state index in [9.17, 15) is 24.0 Å². The van der Waals surface area contributed by atoms with Gasteiger partial charge in [-0.2, -0.15) is 0 Å². The van der Waals surface area contributed by atoms with Crippen molar-refractivity contribution in [2.75, 3.05) is 15.1 Å². The summed E-state index contributed by atoms with van der Waals surface area (Å²) in [5.41, 5.74) is 1.89. The molecule has 194 valence electrons. The molecule has 4 aliphatic carbocycles. The molecular weight excluding hydrogens is 494 g/mol. The zero-order valence-corrected chi connectivity index (χ0v) is 20.9. The third-order valence-corrected chi connectivity index (χ3v) is 9.71. The summed E-state index contributed by atoms with van der Waals surface area (Å²) < 4.78 is 0. The number of nitrogens with one attached hydrogen (secondary N) is 1. The van der Waals surface area contributed by atoms with Crippen LogP contribution in [0.5, 0.6) is 0 Å². The van der Waals surface area contributed by atoms with Crippen LogP contribution in [0, 0.1) is 47.3 Å². The molecule has 0 aromatic heterocycles. The van der Waals surface area contributed by atoms with Gasteiger partial charge in [0.1, 0.15) is 0 Å². The molecule has 2 saturated carbocycles. The summed E-state index contributed by atoms with van der Waals surface area (Å²) in [6.45, 7) is 0. The second-order valence-electron chi connectivity index (χ2n) is 11.6. The Balaban J connectivity index is 0.952. The van der Waals surface area contributed by atoms with E-state index in [4.69, 9.17) is 0 Å². The number of hydrogen-bond acceptors (Lipinski definition) is 5. The van der Waals surface area contributed by atoms with Gasteiger partial charge in [0.05, 0.1) is 35.0 Å². The van der Waals surface area contributed by atoms with Crippen LogP contribution in [0.25, 0.3) is 0 Å². The van der Waals surface area contributed by atoms with Crippen LogP contribution in [0.4, 0.5) is 17.1 Å². The SMILES string of the molecule is O=C(Nc1ccc(N2C(=O)[C@@H]3[C@H](C2=O)[C@H]2C=C[C@H]3C2)cc1)c1ccc(N2C(=O)[C@@H]3[C@H](C2=O)[C@H]2C=C[C@H]3C2)cc1. The number of hydrogen-bond donors (Lipinski definition) is 1. The first kappa shape index (κ1) is 22.6. The number of benzene rings is 2. The topological polar surface area (TPSA) is 104 Å². The second kappa shape index (κ2) is 7.85. The molecule has 8 rings (SSSR count). The number of fused-ring (bicyclic) bond motifs is 10. The van der Waals surface area contributed by atoms with Crippen LogP contribution in [0.15, 0.2) is 72.8 Å². The van der Waals surface area contributed by atoms with Crippen molar-refractivity contribution in [1.82, 2.24) is 0 Å². The van der Waals surface area contributed by atoms with Crippen molar-refractivity contribution in [3.8, 4) is 0 Å². The molecule has 4 bridgehead atoms. The van der Waals surface area contributed by atoms with Crippen LogP contribution in [0.1, 0.15) is 23.2 Å². The first-order valence-electron chi connectivity index (χ1n) is 13.5. The molecule has 2 saturated heterocycles. The molecule has 2 aromatic rings. The molecular formula is C31H25N3O5. The third kappa shape index (κ3) is 3.02. The van der Waals surface area contributed by atoms with E-state index in [1.807, 2.05) is 0 Å². The number of carbonyl (C=O) groups is 5. The van der Waals surface area contributed by atoms with Gasteiger partial charge in [0, 0.05) is 11.3 Å². The predicted octanol–water partition coefficient (Wildman–Crippen LogP) is 3.56. The average Bonchev–Trinajstić information content (AvgIpc) is 3.78. The zero-order chi connectivity index (χ0) is 26.6. The summed E-state index contributed by atoms with van der Waals surface area (Å²) in [5.74, 6) is -1.38. The van der Waals surface area contributed by atoms with E-state index in [0.717, 1.165) is 12.8 Å². The highest BCUT2D eigenvalue weighted by atomic mass is 16.2. The maximum atomic E-state index is 13.0. The normalized spacial score (nSPS) is 35.0. The lowest BCUT2D eigenvalue weighted by Crippen LogP contribution is -2.32. The quantitative estimate of drug-likeness (QED) is 0.492. The van der Waals surface area contributed by atoms with Crippen LogP contribution >= 0.6 is 0 Å². The maximum absolute atomic E-state index is 13.0. The van der Waals surface area contributed by atoms with E-state index < -0.39 is 0 Å². The Kier molecular flexibility index (Phi) is 4.55. The van der Waals surface area contributed by atoms with Crippen LogP contribution < -0.4 is 15.1 Å². The van der Waals surface area contributed by atoms with Crippen molar-refractivity contribution >= 4 is 46.6 Å². The van der Waals surface area contributed by atoms with Gasteiger partial charge in [-0.1, -0.05) is 24.3 Å². The fourth-order valence-corrected chi connectivity index (χ4v) is 7.97. The Hall–Kier alpha value is -4.33. The van der Waals surface area contributed by atoms with E-state index in [1.165, 1.54) is 9.80 Å². The molecule has 2 aliphatic heterocycles. The standard InChI is InChI=1S/C31H25N3O5/c35-27(15-5-9-21(10-6-15)33-28(36)23-16-1-2-17(13-16)24(23)29(33)37)32-20-7-11-22(12-8-20)34-30(38)25-18-3-4-19(14-18)26(25)31(34)39/h1-12,16-19,23-26H,13-14H2,(H,32,35)/t16-,17-,18-,19-,23-,24+,25-,26+/m0/s1. The first-order valence-corrected chi connectivity index (χ1v) is 13.5. The monoisotopic (exact) mass is 519 g/mol. The first-order chi connectivity index (χ1) is 18.9. The van der Waals surface area contributed by atoms with Crippen LogP contribution in [-0.4, -0.2) is 29.5 Å². The molecule has 1 N–H and O–H groups in total. The summed E-state index contributed by atoms with van der Waals surface area (Å²) in [4.78, 5) is 67.6. The third-order valence-electron chi connectivity index (χ3n) is 9.71. The zero-order valence-electron chi connectivity index (χ0n) is 20.9. The number of anilines is 3. The highest BCUT2D eigenvalue weighted by molar-refractivity contribution is 6.23.